The number of morpholine rings is 1. The molecule has 7 nitrogen and oxygen atoms in total. The van der Waals surface area contributed by atoms with Crippen molar-refractivity contribution in [2.45, 2.75) is 20.0 Å². The van der Waals surface area contributed by atoms with E-state index in [9.17, 15) is 0 Å². The lowest BCUT2D eigenvalue weighted by atomic mass is 10.1. The molecule has 0 spiro atoms. The molecule has 0 aliphatic carbocycles. The van der Waals surface area contributed by atoms with Gasteiger partial charge in [0.25, 0.3) is 0 Å². The number of aryl methyl sites for hydroxylation is 1. The molecular formula is C15H28IN5O2. The Labute approximate surface area is 155 Å². The molecular weight excluding hydrogens is 409 g/mol. The zero-order chi connectivity index (χ0) is 15.8. The molecule has 1 unspecified atom stereocenters. The highest BCUT2D eigenvalue weighted by atomic mass is 127. The molecule has 2 rings (SSSR count). The summed E-state index contributed by atoms with van der Waals surface area (Å²) >= 11 is 0. The van der Waals surface area contributed by atoms with Gasteiger partial charge in [-0.25, -0.2) is 0 Å². The summed E-state index contributed by atoms with van der Waals surface area (Å²) in [4.78, 5) is 6.88. The summed E-state index contributed by atoms with van der Waals surface area (Å²) in [5.74, 6) is 0.930. The fraction of sp³-hybridized carbons (Fsp3) is 0.733. The predicted octanol–water partition coefficient (Wildman–Crippen LogP) is 1.41. The number of rotatable bonds is 6. The molecule has 0 aromatic carbocycles. The Hall–Kier alpha value is -0.870. The van der Waals surface area contributed by atoms with E-state index >= 15 is 0 Å². The summed E-state index contributed by atoms with van der Waals surface area (Å²) in [5.41, 5.74) is 1.11. The van der Waals surface area contributed by atoms with E-state index in [1.165, 1.54) is 0 Å². The Morgan fingerprint density at radius 1 is 1.52 bits per heavy atom. The number of guanidine groups is 1. The van der Waals surface area contributed by atoms with Crippen molar-refractivity contribution in [3.63, 3.8) is 0 Å². The van der Waals surface area contributed by atoms with Crippen LogP contribution in [0.2, 0.25) is 0 Å². The molecule has 2 heterocycles. The van der Waals surface area contributed by atoms with Crippen LogP contribution in [0, 0.1) is 0 Å². The van der Waals surface area contributed by atoms with Crippen molar-refractivity contribution in [2.24, 2.45) is 12.0 Å². The molecule has 23 heavy (non-hydrogen) atoms. The average molecular weight is 437 g/mol. The van der Waals surface area contributed by atoms with Gasteiger partial charge in [-0.1, -0.05) is 0 Å². The van der Waals surface area contributed by atoms with Crippen molar-refractivity contribution in [1.82, 2.24) is 20.0 Å². The van der Waals surface area contributed by atoms with Gasteiger partial charge >= 0.3 is 0 Å². The van der Waals surface area contributed by atoms with Gasteiger partial charge in [0.1, 0.15) is 6.10 Å². The summed E-state index contributed by atoms with van der Waals surface area (Å²) in [7, 11) is 1.92. The number of halogens is 1. The van der Waals surface area contributed by atoms with E-state index in [0.717, 1.165) is 37.8 Å². The average Bonchev–Trinajstić information content (AvgIpc) is 2.97. The van der Waals surface area contributed by atoms with Crippen molar-refractivity contribution in [3.05, 3.63) is 18.0 Å². The minimum absolute atomic E-state index is 0. The first kappa shape index (κ1) is 20.2. The summed E-state index contributed by atoms with van der Waals surface area (Å²) in [5, 5.41) is 7.57. The van der Waals surface area contributed by atoms with E-state index in [1.54, 1.807) is 4.68 Å². The van der Waals surface area contributed by atoms with E-state index in [0.29, 0.717) is 19.8 Å². The number of ether oxygens (including phenoxy) is 2. The van der Waals surface area contributed by atoms with Crippen molar-refractivity contribution < 1.29 is 9.47 Å². The first-order valence-electron chi connectivity index (χ1n) is 7.95. The van der Waals surface area contributed by atoms with Crippen LogP contribution in [0.15, 0.2) is 17.4 Å². The van der Waals surface area contributed by atoms with Gasteiger partial charge in [-0.3, -0.25) is 9.67 Å². The molecule has 1 fully saturated rings. The second kappa shape index (κ2) is 10.8. The normalized spacial score (nSPS) is 18.7. The number of aliphatic imine (C=N–C) groups is 1. The van der Waals surface area contributed by atoms with Crippen LogP contribution in [0.3, 0.4) is 0 Å². The largest absolute Gasteiger partial charge is 0.380 e. The van der Waals surface area contributed by atoms with E-state index in [1.807, 2.05) is 26.4 Å². The monoisotopic (exact) mass is 437 g/mol. The lowest BCUT2D eigenvalue weighted by Gasteiger charge is -2.34. The van der Waals surface area contributed by atoms with Gasteiger partial charge in [0, 0.05) is 38.5 Å². The Morgan fingerprint density at radius 2 is 2.35 bits per heavy atom. The summed E-state index contributed by atoms with van der Waals surface area (Å²) in [6, 6.07) is 0. The van der Waals surface area contributed by atoms with Crippen molar-refractivity contribution >= 4 is 29.9 Å². The maximum Gasteiger partial charge on any atom is 0.194 e. The minimum Gasteiger partial charge on any atom is -0.380 e. The SMILES string of the molecule is CCNC(=NCCOCC)N1CCOC(c2cnn(C)c2)C1.I. The number of hydrogen-bond donors (Lipinski definition) is 1. The molecule has 8 heteroatoms. The number of hydrogen-bond acceptors (Lipinski definition) is 4. The third kappa shape index (κ3) is 6.27. The number of aromatic nitrogens is 2. The van der Waals surface area contributed by atoms with Crippen LogP contribution in [0.25, 0.3) is 0 Å². The van der Waals surface area contributed by atoms with Crippen LogP contribution in [0.5, 0.6) is 0 Å². The highest BCUT2D eigenvalue weighted by molar-refractivity contribution is 14.0. The quantitative estimate of drug-likeness (QED) is 0.316. The van der Waals surface area contributed by atoms with Gasteiger partial charge in [0.15, 0.2) is 5.96 Å². The van der Waals surface area contributed by atoms with E-state index in [4.69, 9.17) is 9.47 Å². The van der Waals surface area contributed by atoms with Crippen LogP contribution in [0.4, 0.5) is 0 Å². The Morgan fingerprint density at radius 3 is 3.00 bits per heavy atom. The molecule has 0 saturated carbocycles. The number of nitrogens with one attached hydrogen (secondary N) is 1. The fourth-order valence-corrected chi connectivity index (χ4v) is 2.44. The zero-order valence-electron chi connectivity index (χ0n) is 14.2. The van der Waals surface area contributed by atoms with Crippen LogP contribution in [0.1, 0.15) is 25.5 Å². The molecule has 132 valence electrons. The van der Waals surface area contributed by atoms with Crippen LogP contribution < -0.4 is 5.32 Å². The maximum absolute atomic E-state index is 5.88. The van der Waals surface area contributed by atoms with Crippen molar-refractivity contribution in [1.29, 1.82) is 0 Å². The fourth-order valence-electron chi connectivity index (χ4n) is 2.44. The first-order valence-corrected chi connectivity index (χ1v) is 7.95. The highest BCUT2D eigenvalue weighted by Gasteiger charge is 2.25. The van der Waals surface area contributed by atoms with Crippen molar-refractivity contribution in [3.8, 4) is 0 Å². The van der Waals surface area contributed by atoms with E-state index in [-0.39, 0.29) is 30.1 Å². The van der Waals surface area contributed by atoms with Crippen LogP contribution in [-0.2, 0) is 16.5 Å². The summed E-state index contributed by atoms with van der Waals surface area (Å²) < 4.78 is 13.0. The van der Waals surface area contributed by atoms with Gasteiger partial charge in [0.2, 0.25) is 0 Å². The molecule has 0 radical (unpaired) electrons. The van der Waals surface area contributed by atoms with Crippen molar-refractivity contribution in [2.75, 3.05) is 46.0 Å². The molecule has 1 aliphatic heterocycles. The highest BCUT2D eigenvalue weighted by Crippen LogP contribution is 2.21. The maximum atomic E-state index is 5.88. The van der Waals surface area contributed by atoms with Gasteiger partial charge in [-0.2, -0.15) is 5.10 Å². The predicted molar refractivity (Wildman–Crippen MR) is 101 cm³/mol. The lowest BCUT2D eigenvalue weighted by Crippen LogP contribution is -2.48. The molecule has 1 N–H and O–H groups in total. The van der Waals surface area contributed by atoms with E-state index in [2.05, 4.69) is 27.2 Å². The van der Waals surface area contributed by atoms with Gasteiger partial charge in [-0.15, -0.1) is 24.0 Å². The molecule has 1 aliphatic rings. The second-order valence-electron chi connectivity index (χ2n) is 5.19. The van der Waals surface area contributed by atoms with Crippen LogP contribution >= 0.6 is 24.0 Å². The zero-order valence-corrected chi connectivity index (χ0v) is 16.5. The Kier molecular flexibility index (Phi) is 9.49. The Bertz CT molecular complexity index is 480. The minimum atomic E-state index is 0. The third-order valence-corrected chi connectivity index (χ3v) is 3.50. The Balaban J connectivity index is 0.00000264. The van der Waals surface area contributed by atoms with Gasteiger partial charge in [-0.05, 0) is 13.8 Å². The standard InChI is InChI=1S/C15H27N5O2.HI/c1-4-16-15(17-6-8-21-5-2)20-7-9-22-14(12-20)13-10-18-19(3)11-13;/h10-11,14H,4-9,12H2,1-3H3,(H,16,17);1H. The molecule has 1 aromatic heterocycles. The molecule has 1 saturated heterocycles. The summed E-state index contributed by atoms with van der Waals surface area (Å²) in [6.45, 7) is 9.30. The van der Waals surface area contributed by atoms with Crippen LogP contribution in [-0.4, -0.2) is 66.6 Å². The first-order chi connectivity index (χ1) is 10.7. The topological polar surface area (TPSA) is 63.9 Å². The smallest absolute Gasteiger partial charge is 0.194 e. The van der Waals surface area contributed by atoms with Gasteiger partial charge < -0.3 is 19.7 Å². The molecule has 1 atom stereocenters. The van der Waals surface area contributed by atoms with E-state index < -0.39 is 0 Å². The summed E-state index contributed by atoms with van der Waals surface area (Å²) in [6.07, 6.45) is 3.92. The lowest BCUT2D eigenvalue weighted by molar-refractivity contribution is -0.00808. The second-order valence-corrected chi connectivity index (χ2v) is 5.19. The third-order valence-electron chi connectivity index (χ3n) is 3.50. The number of nitrogens with zero attached hydrogens (tertiary/aromatic N) is 4. The molecule has 1 aromatic rings. The molecule has 0 amide bonds. The molecule has 0 bridgehead atoms. The van der Waals surface area contributed by atoms with Gasteiger partial charge in [0.05, 0.1) is 32.5 Å².